The van der Waals surface area contributed by atoms with Crippen LogP contribution in [0.2, 0.25) is 0 Å². The first kappa shape index (κ1) is 16.7. The first-order valence-corrected chi connectivity index (χ1v) is 9.43. The number of nitrogens with one attached hydrogen (secondary N) is 1. The second-order valence-electron chi connectivity index (χ2n) is 7.58. The fraction of sp³-hybridized carbons (Fsp3) is 0.889. The highest BCUT2D eigenvalue weighted by Crippen LogP contribution is 2.37. The molecular weight excluding hydrogens is 290 g/mol. The van der Waals surface area contributed by atoms with Crippen LogP contribution in [-0.4, -0.2) is 59.4 Å². The van der Waals surface area contributed by atoms with Gasteiger partial charge in [0.15, 0.2) is 0 Å². The van der Waals surface area contributed by atoms with Crippen molar-refractivity contribution in [2.75, 3.05) is 26.2 Å². The molecule has 0 spiro atoms. The van der Waals surface area contributed by atoms with Gasteiger partial charge in [-0.05, 0) is 45.2 Å². The van der Waals surface area contributed by atoms with E-state index in [-0.39, 0.29) is 17.5 Å². The third kappa shape index (κ3) is 3.54. The van der Waals surface area contributed by atoms with E-state index < -0.39 is 0 Å². The van der Waals surface area contributed by atoms with Crippen molar-refractivity contribution in [2.24, 2.45) is 0 Å². The molecule has 1 aliphatic carbocycles. The first-order valence-electron chi connectivity index (χ1n) is 9.43. The van der Waals surface area contributed by atoms with Gasteiger partial charge in [0.2, 0.25) is 11.8 Å². The molecule has 5 heteroatoms. The van der Waals surface area contributed by atoms with Crippen LogP contribution >= 0.6 is 0 Å². The van der Waals surface area contributed by atoms with Crippen LogP contribution in [0.4, 0.5) is 0 Å². The lowest BCUT2D eigenvalue weighted by molar-refractivity contribution is -0.147. The Labute approximate surface area is 139 Å². The summed E-state index contributed by atoms with van der Waals surface area (Å²) < 4.78 is 0. The molecule has 3 aliphatic rings. The molecule has 1 N–H and O–H groups in total. The van der Waals surface area contributed by atoms with E-state index in [1.165, 1.54) is 38.5 Å². The number of amides is 2. The quantitative estimate of drug-likeness (QED) is 0.864. The van der Waals surface area contributed by atoms with Crippen LogP contribution in [0.3, 0.4) is 0 Å². The lowest BCUT2D eigenvalue weighted by atomic mass is 9.78. The number of nitrogens with zero attached hydrogens (tertiary/aromatic N) is 2. The average molecular weight is 321 g/mol. The third-order valence-electron chi connectivity index (χ3n) is 5.92. The van der Waals surface area contributed by atoms with Gasteiger partial charge < -0.3 is 10.2 Å². The van der Waals surface area contributed by atoms with Gasteiger partial charge in [-0.15, -0.1) is 0 Å². The lowest BCUT2D eigenvalue weighted by Gasteiger charge is -2.48. The molecule has 0 bridgehead atoms. The standard InChI is InChI=1S/C18H31N3O2/c1-15(22)19-16-8-13-20(14-16)17(23)18(9-4-2-5-10-18)21-11-6-3-7-12-21/h16H,2-14H2,1H3,(H,19,22). The normalized spacial score (nSPS) is 28.6. The SMILES string of the molecule is CC(=O)NC1CCN(C(=O)C2(N3CCCCC3)CCCCC2)C1. The molecule has 0 aromatic rings. The fourth-order valence-electron chi connectivity index (χ4n) is 4.77. The number of rotatable bonds is 3. The number of likely N-dealkylation sites (tertiary alicyclic amines) is 2. The topological polar surface area (TPSA) is 52.7 Å². The zero-order chi connectivity index (χ0) is 16.3. The molecule has 2 saturated heterocycles. The van der Waals surface area contributed by atoms with Crippen molar-refractivity contribution in [3.63, 3.8) is 0 Å². The molecule has 3 fully saturated rings. The Balaban J connectivity index is 1.71. The molecule has 0 aromatic carbocycles. The summed E-state index contributed by atoms with van der Waals surface area (Å²) in [4.78, 5) is 29.2. The molecule has 2 aliphatic heterocycles. The number of carbonyl (C=O) groups is 2. The molecule has 0 radical (unpaired) electrons. The molecule has 1 unspecified atom stereocenters. The van der Waals surface area contributed by atoms with Crippen molar-refractivity contribution < 1.29 is 9.59 Å². The van der Waals surface area contributed by atoms with Crippen molar-refractivity contribution >= 4 is 11.8 Å². The first-order chi connectivity index (χ1) is 11.1. The summed E-state index contributed by atoms with van der Waals surface area (Å²) in [7, 11) is 0. The summed E-state index contributed by atoms with van der Waals surface area (Å²) in [5.41, 5.74) is -0.246. The number of carbonyl (C=O) groups excluding carboxylic acids is 2. The second kappa shape index (κ2) is 7.20. The molecule has 130 valence electrons. The predicted octanol–water partition coefficient (Wildman–Crippen LogP) is 1.91. The van der Waals surface area contributed by atoms with Crippen molar-refractivity contribution in [3.05, 3.63) is 0 Å². The molecule has 23 heavy (non-hydrogen) atoms. The Morgan fingerprint density at radius 1 is 0.957 bits per heavy atom. The molecule has 0 aromatic heterocycles. The minimum Gasteiger partial charge on any atom is -0.352 e. The summed E-state index contributed by atoms with van der Waals surface area (Å²) >= 11 is 0. The Kier molecular flexibility index (Phi) is 5.24. The molecule has 2 heterocycles. The summed E-state index contributed by atoms with van der Waals surface area (Å²) in [5.74, 6) is 0.347. The van der Waals surface area contributed by atoms with Crippen LogP contribution < -0.4 is 5.32 Å². The van der Waals surface area contributed by atoms with Gasteiger partial charge in [-0.2, -0.15) is 0 Å². The van der Waals surface area contributed by atoms with Crippen molar-refractivity contribution in [2.45, 2.75) is 76.3 Å². The van der Waals surface area contributed by atoms with Gasteiger partial charge in [-0.1, -0.05) is 25.7 Å². The van der Waals surface area contributed by atoms with Gasteiger partial charge in [-0.25, -0.2) is 0 Å². The van der Waals surface area contributed by atoms with Crippen LogP contribution in [0.25, 0.3) is 0 Å². The molecular formula is C18H31N3O2. The minimum atomic E-state index is -0.246. The van der Waals surface area contributed by atoms with Crippen molar-refractivity contribution in [1.29, 1.82) is 0 Å². The summed E-state index contributed by atoms with van der Waals surface area (Å²) in [6, 6.07) is 0.137. The Bertz CT molecular complexity index is 440. The highest BCUT2D eigenvalue weighted by atomic mass is 16.2. The largest absolute Gasteiger partial charge is 0.352 e. The van der Waals surface area contributed by atoms with Gasteiger partial charge in [0.1, 0.15) is 5.54 Å². The third-order valence-corrected chi connectivity index (χ3v) is 5.92. The lowest BCUT2D eigenvalue weighted by Crippen LogP contribution is -2.61. The van der Waals surface area contributed by atoms with Gasteiger partial charge in [-0.3, -0.25) is 14.5 Å². The molecule has 5 nitrogen and oxygen atoms in total. The summed E-state index contributed by atoms with van der Waals surface area (Å²) in [5, 5.41) is 2.98. The van der Waals surface area contributed by atoms with Crippen LogP contribution in [0.5, 0.6) is 0 Å². The van der Waals surface area contributed by atoms with E-state index in [0.717, 1.165) is 38.9 Å². The summed E-state index contributed by atoms with van der Waals surface area (Å²) in [6.45, 7) is 5.19. The Morgan fingerprint density at radius 2 is 1.61 bits per heavy atom. The van der Waals surface area contributed by atoms with Crippen LogP contribution in [0.15, 0.2) is 0 Å². The minimum absolute atomic E-state index is 0.00714. The monoisotopic (exact) mass is 321 g/mol. The maximum atomic E-state index is 13.4. The zero-order valence-electron chi connectivity index (χ0n) is 14.5. The van der Waals surface area contributed by atoms with Crippen molar-refractivity contribution in [3.8, 4) is 0 Å². The van der Waals surface area contributed by atoms with E-state index in [2.05, 4.69) is 10.2 Å². The summed E-state index contributed by atoms with van der Waals surface area (Å²) in [6.07, 6.45) is 10.3. The maximum Gasteiger partial charge on any atom is 0.243 e. The van der Waals surface area contributed by atoms with Gasteiger partial charge in [0.05, 0.1) is 0 Å². The molecule has 1 atom stereocenters. The zero-order valence-corrected chi connectivity index (χ0v) is 14.5. The fourth-order valence-corrected chi connectivity index (χ4v) is 4.77. The number of piperidine rings is 1. The van der Waals surface area contributed by atoms with E-state index in [0.29, 0.717) is 12.5 Å². The van der Waals surface area contributed by atoms with E-state index in [9.17, 15) is 9.59 Å². The van der Waals surface area contributed by atoms with E-state index in [4.69, 9.17) is 0 Å². The van der Waals surface area contributed by atoms with Gasteiger partial charge >= 0.3 is 0 Å². The molecule has 2 amide bonds. The van der Waals surface area contributed by atoms with Gasteiger partial charge in [0.25, 0.3) is 0 Å². The maximum absolute atomic E-state index is 13.4. The number of hydrogen-bond donors (Lipinski definition) is 1. The average Bonchev–Trinajstić information content (AvgIpc) is 3.03. The second-order valence-corrected chi connectivity index (χ2v) is 7.58. The Hall–Kier alpha value is -1.10. The highest BCUT2D eigenvalue weighted by Gasteiger charge is 2.47. The molecule has 1 saturated carbocycles. The van der Waals surface area contributed by atoms with E-state index >= 15 is 0 Å². The number of hydrogen-bond acceptors (Lipinski definition) is 3. The van der Waals surface area contributed by atoms with Gasteiger partial charge in [0, 0.05) is 26.1 Å². The van der Waals surface area contributed by atoms with Crippen LogP contribution in [0, 0.1) is 0 Å². The van der Waals surface area contributed by atoms with E-state index in [1.54, 1.807) is 6.92 Å². The van der Waals surface area contributed by atoms with Crippen LogP contribution in [0.1, 0.15) is 64.7 Å². The Morgan fingerprint density at radius 3 is 2.26 bits per heavy atom. The smallest absolute Gasteiger partial charge is 0.243 e. The predicted molar refractivity (Wildman–Crippen MR) is 90.0 cm³/mol. The molecule has 3 rings (SSSR count). The van der Waals surface area contributed by atoms with E-state index in [1.807, 2.05) is 4.90 Å². The van der Waals surface area contributed by atoms with Crippen LogP contribution in [-0.2, 0) is 9.59 Å². The van der Waals surface area contributed by atoms with Crippen molar-refractivity contribution in [1.82, 2.24) is 15.1 Å². The highest BCUT2D eigenvalue weighted by molar-refractivity contribution is 5.87.